The number of non-ortho nitro benzene ring substituents is 1. The van der Waals surface area contributed by atoms with Gasteiger partial charge in [-0.15, -0.1) is 0 Å². The molecule has 1 amide bonds. The van der Waals surface area contributed by atoms with Crippen LogP contribution >= 0.6 is 0 Å². The molecule has 0 radical (unpaired) electrons. The Labute approximate surface area is 173 Å². The van der Waals surface area contributed by atoms with Gasteiger partial charge in [0.1, 0.15) is 23.2 Å². The fraction of sp³-hybridized carbons (Fsp3) is 0.0476. The van der Waals surface area contributed by atoms with E-state index in [0.717, 1.165) is 24.3 Å². The number of rotatable bonds is 5. The average Bonchev–Trinajstić information content (AvgIpc) is 3.20. The number of benzene rings is 2. The molecule has 0 aliphatic carbocycles. The highest BCUT2D eigenvalue weighted by molar-refractivity contribution is 6.09. The van der Waals surface area contributed by atoms with E-state index < -0.39 is 22.6 Å². The molecular weight excluding hydrogens is 415 g/mol. The summed E-state index contributed by atoms with van der Waals surface area (Å²) < 4.78 is 43.9. The van der Waals surface area contributed by atoms with Gasteiger partial charge in [-0.1, -0.05) is 6.07 Å². The topological polar surface area (TPSA) is 109 Å². The lowest BCUT2D eigenvalue weighted by molar-refractivity contribution is -0.384. The van der Waals surface area contributed by atoms with Crippen molar-refractivity contribution in [3.8, 4) is 17.4 Å². The third-order valence-electron chi connectivity index (χ3n) is 4.09. The summed E-state index contributed by atoms with van der Waals surface area (Å²) >= 11 is 0. The van der Waals surface area contributed by atoms with Gasteiger partial charge in [-0.25, -0.2) is 0 Å². The first-order valence-electron chi connectivity index (χ1n) is 8.62. The molecule has 2 aromatic carbocycles. The van der Waals surface area contributed by atoms with Crippen LogP contribution in [0.2, 0.25) is 0 Å². The number of nitrogens with one attached hydrogen (secondary N) is 1. The Bertz CT molecular complexity index is 1210. The van der Waals surface area contributed by atoms with E-state index >= 15 is 0 Å². The normalized spacial score (nSPS) is 11.6. The maximum absolute atomic E-state index is 12.8. The molecule has 1 aromatic heterocycles. The summed E-state index contributed by atoms with van der Waals surface area (Å²) in [4.78, 5) is 22.5. The van der Waals surface area contributed by atoms with Gasteiger partial charge in [-0.3, -0.25) is 14.9 Å². The van der Waals surface area contributed by atoms with E-state index in [0.29, 0.717) is 11.3 Å². The molecule has 0 unspecified atom stereocenters. The Balaban J connectivity index is 1.78. The summed E-state index contributed by atoms with van der Waals surface area (Å²) in [6, 6.07) is 14.3. The number of alkyl halides is 3. The van der Waals surface area contributed by atoms with E-state index in [2.05, 4.69) is 5.32 Å². The number of nitro benzene ring substituents is 1. The van der Waals surface area contributed by atoms with Crippen molar-refractivity contribution in [1.82, 2.24) is 0 Å². The number of nitro groups is 1. The molecule has 0 aliphatic heterocycles. The van der Waals surface area contributed by atoms with Crippen molar-refractivity contribution >= 4 is 23.4 Å². The molecular formula is C21H12F3N3O4. The molecule has 10 heteroatoms. The largest absolute Gasteiger partial charge is 0.457 e. The van der Waals surface area contributed by atoms with Crippen LogP contribution < -0.4 is 5.32 Å². The number of anilines is 1. The highest BCUT2D eigenvalue weighted by atomic mass is 19.4. The molecule has 1 heterocycles. The average molecular weight is 427 g/mol. The summed E-state index contributed by atoms with van der Waals surface area (Å²) in [5.74, 6) is -0.420. The van der Waals surface area contributed by atoms with Crippen LogP contribution in [-0.2, 0) is 11.0 Å². The number of hydrogen-bond donors (Lipinski definition) is 1. The van der Waals surface area contributed by atoms with Crippen molar-refractivity contribution in [3.05, 3.63) is 87.7 Å². The lowest BCUT2D eigenvalue weighted by atomic mass is 10.1. The van der Waals surface area contributed by atoms with E-state index in [9.17, 15) is 33.3 Å². The molecule has 3 aromatic rings. The van der Waals surface area contributed by atoms with Gasteiger partial charge >= 0.3 is 6.18 Å². The van der Waals surface area contributed by atoms with Crippen LogP contribution in [0.15, 0.2) is 70.7 Å². The fourth-order valence-electron chi connectivity index (χ4n) is 2.60. The van der Waals surface area contributed by atoms with Gasteiger partial charge in [0.15, 0.2) is 0 Å². The van der Waals surface area contributed by atoms with Crippen molar-refractivity contribution in [3.63, 3.8) is 0 Å². The van der Waals surface area contributed by atoms with Gasteiger partial charge in [0.2, 0.25) is 0 Å². The number of nitriles is 1. The Morgan fingerprint density at radius 2 is 1.84 bits per heavy atom. The monoisotopic (exact) mass is 427 g/mol. The third-order valence-corrected chi connectivity index (χ3v) is 4.09. The molecule has 1 N–H and O–H groups in total. The molecule has 0 bridgehead atoms. The van der Waals surface area contributed by atoms with Crippen LogP contribution in [0.25, 0.3) is 17.4 Å². The second kappa shape index (κ2) is 8.54. The first-order valence-corrected chi connectivity index (χ1v) is 8.62. The molecule has 0 aliphatic rings. The second-order valence-corrected chi connectivity index (χ2v) is 6.21. The van der Waals surface area contributed by atoms with Crippen LogP contribution in [0.1, 0.15) is 11.3 Å². The van der Waals surface area contributed by atoms with Crippen LogP contribution in [0.5, 0.6) is 0 Å². The lowest BCUT2D eigenvalue weighted by Gasteiger charge is -2.09. The lowest BCUT2D eigenvalue weighted by Crippen LogP contribution is -2.14. The van der Waals surface area contributed by atoms with Crippen molar-refractivity contribution in [1.29, 1.82) is 5.26 Å². The molecule has 156 valence electrons. The van der Waals surface area contributed by atoms with Crippen LogP contribution in [-0.4, -0.2) is 10.8 Å². The fourth-order valence-corrected chi connectivity index (χ4v) is 2.60. The van der Waals surface area contributed by atoms with Crippen molar-refractivity contribution < 1.29 is 27.3 Å². The van der Waals surface area contributed by atoms with Crippen LogP contribution in [0.4, 0.5) is 24.5 Å². The van der Waals surface area contributed by atoms with Crippen LogP contribution in [0, 0.1) is 21.4 Å². The summed E-state index contributed by atoms with van der Waals surface area (Å²) in [6.45, 7) is 0. The molecule has 0 spiro atoms. The van der Waals surface area contributed by atoms with Gasteiger partial charge in [0.05, 0.1) is 10.5 Å². The van der Waals surface area contributed by atoms with Gasteiger partial charge in [-0.05, 0) is 42.5 Å². The maximum atomic E-state index is 12.8. The van der Waals surface area contributed by atoms with E-state index in [-0.39, 0.29) is 22.7 Å². The number of carbonyl (C=O) groups is 1. The standard InChI is InChI=1S/C21H12F3N3O4/c22-21(23,24)15-2-1-3-16(11-15)26-20(28)14(12-25)10-18-8-9-19(31-18)13-4-6-17(7-5-13)27(29)30/h1-11H,(H,26,28)/b14-10+. The summed E-state index contributed by atoms with van der Waals surface area (Å²) in [7, 11) is 0. The quantitative estimate of drug-likeness (QED) is 0.253. The number of hydrogen-bond acceptors (Lipinski definition) is 5. The molecule has 0 fully saturated rings. The summed E-state index contributed by atoms with van der Waals surface area (Å²) in [6.07, 6.45) is -3.44. The first-order chi connectivity index (χ1) is 14.7. The minimum atomic E-state index is -4.57. The van der Waals surface area contributed by atoms with Gasteiger partial charge in [0.25, 0.3) is 11.6 Å². The highest BCUT2D eigenvalue weighted by Gasteiger charge is 2.30. The third kappa shape index (κ3) is 5.16. The number of carbonyl (C=O) groups excluding carboxylic acids is 1. The second-order valence-electron chi connectivity index (χ2n) is 6.21. The van der Waals surface area contributed by atoms with Crippen molar-refractivity contribution in [2.24, 2.45) is 0 Å². The summed E-state index contributed by atoms with van der Waals surface area (Å²) in [5.41, 5.74) is -0.994. The van der Waals surface area contributed by atoms with E-state index in [1.54, 1.807) is 12.1 Å². The van der Waals surface area contributed by atoms with E-state index in [4.69, 9.17) is 4.42 Å². The molecule has 3 rings (SSSR count). The molecule has 0 saturated carbocycles. The van der Waals surface area contributed by atoms with Gasteiger partial charge in [-0.2, -0.15) is 18.4 Å². The molecule has 0 saturated heterocycles. The van der Waals surface area contributed by atoms with E-state index in [1.807, 2.05) is 0 Å². The van der Waals surface area contributed by atoms with E-state index in [1.165, 1.54) is 36.4 Å². The van der Waals surface area contributed by atoms with Gasteiger partial charge in [0, 0.05) is 29.5 Å². The SMILES string of the molecule is N#C/C(=C\c1ccc(-c2ccc([N+](=O)[O-])cc2)o1)C(=O)Nc1cccc(C(F)(F)F)c1. The summed E-state index contributed by atoms with van der Waals surface area (Å²) in [5, 5.41) is 22.2. The maximum Gasteiger partial charge on any atom is 0.416 e. The Morgan fingerprint density at radius 1 is 1.13 bits per heavy atom. The predicted molar refractivity (Wildman–Crippen MR) is 104 cm³/mol. The Hall–Kier alpha value is -4.39. The van der Waals surface area contributed by atoms with Gasteiger partial charge < -0.3 is 9.73 Å². The number of furan rings is 1. The molecule has 0 atom stereocenters. The number of halogens is 3. The smallest absolute Gasteiger partial charge is 0.416 e. The zero-order valence-corrected chi connectivity index (χ0v) is 15.5. The van der Waals surface area contributed by atoms with Crippen LogP contribution in [0.3, 0.4) is 0 Å². The number of amides is 1. The predicted octanol–water partition coefficient (Wildman–Crippen LogP) is 5.42. The Morgan fingerprint density at radius 3 is 2.45 bits per heavy atom. The first kappa shape index (κ1) is 21.3. The van der Waals surface area contributed by atoms with Crippen molar-refractivity contribution in [2.45, 2.75) is 6.18 Å². The number of nitrogens with zero attached hydrogens (tertiary/aromatic N) is 2. The minimum Gasteiger partial charge on any atom is -0.457 e. The minimum absolute atomic E-state index is 0.0894. The Kier molecular flexibility index (Phi) is 5.88. The zero-order valence-electron chi connectivity index (χ0n) is 15.5. The molecule has 31 heavy (non-hydrogen) atoms. The molecule has 7 nitrogen and oxygen atoms in total. The highest BCUT2D eigenvalue weighted by Crippen LogP contribution is 2.31. The zero-order chi connectivity index (χ0) is 22.6. The van der Waals surface area contributed by atoms with Crippen molar-refractivity contribution in [2.75, 3.05) is 5.32 Å².